The van der Waals surface area contributed by atoms with Gasteiger partial charge in [0.15, 0.2) is 0 Å². The minimum atomic E-state index is 0.796. The summed E-state index contributed by atoms with van der Waals surface area (Å²) in [6.07, 6.45) is 4.94. The van der Waals surface area contributed by atoms with Crippen LogP contribution in [0.25, 0.3) is 0 Å². The number of rotatable bonds is 9. The Labute approximate surface area is 116 Å². The Kier molecular flexibility index (Phi) is 8.03. The maximum absolute atomic E-state index is 5.67. The average Bonchev–Trinajstić information content (AvgIpc) is 2.37. The third-order valence-corrected chi connectivity index (χ3v) is 3.40. The van der Waals surface area contributed by atoms with Crippen molar-refractivity contribution in [3.63, 3.8) is 0 Å². The first-order valence-electron chi connectivity index (χ1n) is 6.97. The maximum atomic E-state index is 5.67. The van der Waals surface area contributed by atoms with Crippen LogP contribution in [-0.4, -0.2) is 28.9 Å². The fraction of sp³-hybridized carbons (Fsp3) is 0.667. The lowest BCUT2D eigenvalue weighted by Crippen LogP contribution is -2.24. The third-order valence-electron chi connectivity index (χ3n) is 3.14. The predicted molar refractivity (Wildman–Crippen MR) is 79.1 cm³/mol. The summed E-state index contributed by atoms with van der Waals surface area (Å²) in [4.78, 5) is 7.02. The quantitative estimate of drug-likeness (QED) is 0.497. The first kappa shape index (κ1) is 15.5. The zero-order valence-electron chi connectivity index (χ0n) is 11.7. The minimum Gasteiger partial charge on any atom is -0.298 e. The molecule has 3 heteroatoms. The zero-order valence-corrected chi connectivity index (χ0v) is 12.4. The second-order valence-electron chi connectivity index (χ2n) is 4.74. The molecule has 1 aromatic rings. The monoisotopic (exact) mass is 268 g/mol. The van der Waals surface area contributed by atoms with E-state index in [1.807, 2.05) is 13.0 Å². The van der Waals surface area contributed by atoms with Crippen molar-refractivity contribution in [3.05, 3.63) is 29.6 Å². The number of halogens is 1. The van der Waals surface area contributed by atoms with Crippen LogP contribution < -0.4 is 0 Å². The van der Waals surface area contributed by atoms with Crippen LogP contribution >= 0.6 is 11.6 Å². The van der Waals surface area contributed by atoms with Crippen LogP contribution in [0, 0.1) is 6.92 Å². The summed E-state index contributed by atoms with van der Waals surface area (Å²) in [5.74, 6) is 0.796. The highest BCUT2D eigenvalue weighted by Gasteiger charge is 2.04. The Hall–Kier alpha value is -0.600. The van der Waals surface area contributed by atoms with Crippen LogP contribution in [0.3, 0.4) is 0 Å². The Morgan fingerprint density at radius 1 is 1.17 bits per heavy atom. The van der Waals surface area contributed by atoms with E-state index in [9.17, 15) is 0 Å². The number of pyridine rings is 1. The molecule has 0 unspecified atom stereocenters. The molecule has 0 aromatic carbocycles. The molecule has 0 N–H and O–H groups in total. The fourth-order valence-corrected chi connectivity index (χ4v) is 2.24. The number of hydrogen-bond acceptors (Lipinski definition) is 2. The normalized spacial score (nSPS) is 11.1. The third kappa shape index (κ3) is 6.36. The molecule has 0 aliphatic heterocycles. The second-order valence-corrected chi connectivity index (χ2v) is 5.12. The average molecular weight is 269 g/mol. The SMILES string of the molecule is CCN(CCCCCCCl)Cc1cccc(C)n1. The summed E-state index contributed by atoms with van der Waals surface area (Å²) < 4.78 is 0. The van der Waals surface area contributed by atoms with Gasteiger partial charge in [0.1, 0.15) is 0 Å². The topological polar surface area (TPSA) is 16.1 Å². The first-order valence-corrected chi connectivity index (χ1v) is 7.50. The lowest BCUT2D eigenvalue weighted by atomic mass is 10.2. The molecule has 0 aliphatic carbocycles. The summed E-state index contributed by atoms with van der Waals surface area (Å²) >= 11 is 5.67. The molecule has 0 atom stereocenters. The summed E-state index contributed by atoms with van der Waals surface area (Å²) in [5, 5.41) is 0. The van der Waals surface area contributed by atoms with Gasteiger partial charge in [-0.2, -0.15) is 0 Å². The van der Waals surface area contributed by atoms with E-state index in [0.29, 0.717) is 0 Å². The molecule has 0 fully saturated rings. The molecule has 0 radical (unpaired) electrons. The van der Waals surface area contributed by atoms with Crippen molar-refractivity contribution >= 4 is 11.6 Å². The molecule has 2 nitrogen and oxygen atoms in total. The van der Waals surface area contributed by atoms with E-state index in [1.54, 1.807) is 0 Å². The van der Waals surface area contributed by atoms with Crippen molar-refractivity contribution in [1.29, 1.82) is 0 Å². The number of hydrogen-bond donors (Lipinski definition) is 0. The lowest BCUT2D eigenvalue weighted by molar-refractivity contribution is 0.269. The zero-order chi connectivity index (χ0) is 13.2. The standard InChI is InChI=1S/C15H25ClN2/c1-3-18(12-7-5-4-6-11-16)13-15-10-8-9-14(2)17-15/h8-10H,3-7,11-13H2,1-2H3. The first-order chi connectivity index (χ1) is 8.76. The fourth-order valence-electron chi connectivity index (χ4n) is 2.05. The van der Waals surface area contributed by atoms with E-state index in [-0.39, 0.29) is 0 Å². The van der Waals surface area contributed by atoms with Gasteiger partial charge in [0, 0.05) is 18.1 Å². The molecule has 102 valence electrons. The molecule has 1 rings (SSSR count). The predicted octanol–water partition coefficient (Wildman–Crippen LogP) is 4.01. The van der Waals surface area contributed by atoms with Gasteiger partial charge < -0.3 is 0 Å². The number of aromatic nitrogens is 1. The van der Waals surface area contributed by atoms with Crippen LogP contribution in [0.4, 0.5) is 0 Å². The van der Waals surface area contributed by atoms with Gasteiger partial charge in [-0.25, -0.2) is 0 Å². The molecular weight excluding hydrogens is 244 g/mol. The Bertz CT molecular complexity index is 328. The molecule has 0 bridgehead atoms. The highest BCUT2D eigenvalue weighted by atomic mass is 35.5. The van der Waals surface area contributed by atoms with Gasteiger partial charge in [0.2, 0.25) is 0 Å². The van der Waals surface area contributed by atoms with Crippen LogP contribution in [0.15, 0.2) is 18.2 Å². The molecule has 18 heavy (non-hydrogen) atoms. The highest BCUT2D eigenvalue weighted by Crippen LogP contribution is 2.07. The maximum Gasteiger partial charge on any atom is 0.0547 e. The molecule has 1 aromatic heterocycles. The molecule has 0 amide bonds. The van der Waals surface area contributed by atoms with E-state index in [1.165, 1.54) is 25.0 Å². The summed E-state index contributed by atoms with van der Waals surface area (Å²) in [7, 11) is 0. The Morgan fingerprint density at radius 2 is 1.94 bits per heavy atom. The van der Waals surface area contributed by atoms with E-state index in [4.69, 9.17) is 11.6 Å². The van der Waals surface area contributed by atoms with Crippen molar-refractivity contribution in [2.75, 3.05) is 19.0 Å². The van der Waals surface area contributed by atoms with E-state index >= 15 is 0 Å². The largest absolute Gasteiger partial charge is 0.298 e. The van der Waals surface area contributed by atoms with Gasteiger partial charge in [-0.05, 0) is 45.0 Å². The van der Waals surface area contributed by atoms with E-state index in [0.717, 1.165) is 37.6 Å². The van der Waals surface area contributed by atoms with Gasteiger partial charge >= 0.3 is 0 Å². The van der Waals surface area contributed by atoms with Crippen LogP contribution in [0.1, 0.15) is 44.0 Å². The number of nitrogens with zero attached hydrogens (tertiary/aromatic N) is 2. The smallest absolute Gasteiger partial charge is 0.0547 e. The van der Waals surface area contributed by atoms with Gasteiger partial charge in [0.05, 0.1) is 5.69 Å². The van der Waals surface area contributed by atoms with Gasteiger partial charge in [0.25, 0.3) is 0 Å². The van der Waals surface area contributed by atoms with Crippen molar-refractivity contribution in [2.45, 2.75) is 46.1 Å². The van der Waals surface area contributed by atoms with Crippen molar-refractivity contribution in [1.82, 2.24) is 9.88 Å². The summed E-state index contributed by atoms with van der Waals surface area (Å²) in [6, 6.07) is 6.25. The number of unbranched alkanes of at least 4 members (excludes halogenated alkanes) is 3. The lowest BCUT2D eigenvalue weighted by Gasteiger charge is -2.20. The number of aryl methyl sites for hydroxylation is 1. The summed E-state index contributed by atoms with van der Waals surface area (Å²) in [5.41, 5.74) is 2.28. The molecule has 0 saturated heterocycles. The van der Waals surface area contributed by atoms with Crippen molar-refractivity contribution in [2.24, 2.45) is 0 Å². The Balaban J connectivity index is 2.28. The van der Waals surface area contributed by atoms with Crippen molar-refractivity contribution < 1.29 is 0 Å². The summed E-state index contributed by atoms with van der Waals surface area (Å²) in [6.45, 7) is 7.48. The van der Waals surface area contributed by atoms with Crippen LogP contribution in [0.5, 0.6) is 0 Å². The van der Waals surface area contributed by atoms with Gasteiger partial charge in [-0.3, -0.25) is 9.88 Å². The number of alkyl halides is 1. The van der Waals surface area contributed by atoms with Crippen LogP contribution in [-0.2, 0) is 6.54 Å². The molecular formula is C15H25ClN2. The molecule has 0 spiro atoms. The second kappa shape index (κ2) is 9.35. The van der Waals surface area contributed by atoms with E-state index in [2.05, 4.69) is 28.9 Å². The van der Waals surface area contributed by atoms with Crippen LogP contribution in [0.2, 0.25) is 0 Å². The molecule has 0 saturated carbocycles. The minimum absolute atomic E-state index is 0.796. The molecule has 0 aliphatic rings. The highest BCUT2D eigenvalue weighted by molar-refractivity contribution is 6.17. The van der Waals surface area contributed by atoms with Crippen molar-refractivity contribution in [3.8, 4) is 0 Å². The van der Waals surface area contributed by atoms with E-state index < -0.39 is 0 Å². The molecule has 1 heterocycles. The van der Waals surface area contributed by atoms with Gasteiger partial charge in [-0.15, -0.1) is 11.6 Å². The van der Waals surface area contributed by atoms with Gasteiger partial charge in [-0.1, -0.05) is 25.8 Å². The Morgan fingerprint density at radius 3 is 2.61 bits per heavy atom.